The Morgan fingerprint density at radius 3 is 2.76 bits per heavy atom. The summed E-state index contributed by atoms with van der Waals surface area (Å²) in [6.45, 7) is 1.71. The summed E-state index contributed by atoms with van der Waals surface area (Å²) in [6, 6.07) is 4.92. The predicted molar refractivity (Wildman–Crippen MR) is 64.3 cm³/mol. The van der Waals surface area contributed by atoms with E-state index in [9.17, 15) is 4.79 Å². The summed E-state index contributed by atoms with van der Waals surface area (Å²) in [7, 11) is 0. The van der Waals surface area contributed by atoms with Crippen LogP contribution in [0.3, 0.4) is 0 Å². The van der Waals surface area contributed by atoms with Crippen molar-refractivity contribution in [3.8, 4) is 0 Å². The summed E-state index contributed by atoms with van der Waals surface area (Å²) < 4.78 is 5.73. The molecule has 7 heteroatoms. The number of hydrogen-bond acceptors (Lipinski definition) is 5. The largest absolute Gasteiger partial charge is 0.478 e. The van der Waals surface area contributed by atoms with Crippen molar-refractivity contribution in [2.45, 2.75) is 17.0 Å². The summed E-state index contributed by atoms with van der Waals surface area (Å²) >= 11 is 4.49. The number of carboxylic acids is 1. The molecule has 0 saturated heterocycles. The highest BCUT2D eigenvalue weighted by atomic mass is 79.9. The van der Waals surface area contributed by atoms with E-state index >= 15 is 0 Å². The molecular formula is C10H7BrN2O3S. The molecule has 0 atom stereocenters. The van der Waals surface area contributed by atoms with Crippen LogP contribution >= 0.6 is 27.7 Å². The van der Waals surface area contributed by atoms with Crippen molar-refractivity contribution in [2.24, 2.45) is 0 Å². The van der Waals surface area contributed by atoms with Crippen molar-refractivity contribution in [2.75, 3.05) is 0 Å². The zero-order valence-electron chi connectivity index (χ0n) is 8.68. The Hall–Kier alpha value is -1.34. The van der Waals surface area contributed by atoms with Gasteiger partial charge in [0.2, 0.25) is 5.89 Å². The van der Waals surface area contributed by atoms with Gasteiger partial charge in [-0.2, -0.15) is 0 Å². The second kappa shape index (κ2) is 4.89. The van der Waals surface area contributed by atoms with Gasteiger partial charge in [0.05, 0.1) is 5.56 Å². The number of aryl methyl sites for hydroxylation is 1. The van der Waals surface area contributed by atoms with Gasteiger partial charge in [0.1, 0.15) is 0 Å². The fourth-order valence-electron chi connectivity index (χ4n) is 1.15. The molecule has 2 aromatic rings. The smallest absolute Gasteiger partial charge is 0.336 e. The Kier molecular flexibility index (Phi) is 3.49. The number of carbonyl (C=O) groups is 1. The van der Waals surface area contributed by atoms with E-state index in [0.29, 0.717) is 15.6 Å². The average Bonchev–Trinajstić information content (AvgIpc) is 2.63. The molecule has 0 radical (unpaired) electrons. The van der Waals surface area contributed by atoms with Crippen molar-refractivity contribution in [1.29, 1.82) is 0 Å². The van der Waals surface area contributed by atoms with E-state index < -0.39 is 5.97 Å². The Labute approximate surface area is 109 Å². The molecule has 0 saturated carbocycles. The van der Waals surface area contributed by atoms with Gasteiger partial charge in [-0.3, -0.25) is 0 Å². The highest BCUT2D eigenvalue weighted by Gasteiger charge is 2.10. The van der Waals surface area contributed by atoms with E-state index in [1.165, 1.54) is 17.8 Å². The van der Waals surface area contributed by atoms with Gasteiger partial charge in [-0.15, -0.1) is 10.2 Å². The molecule has 1 N–H and O–H groups in total. The number of carboxylic acid groups (broad SMARTS) is 1. The fourth-order valence-corrected chi connectivity index (χ4v) is 2.61. The molecule has 5 nitrogen and oxygen atoms in total. The molecule has 1 aromatic heterocycles. The molecule has 0 bridgehead atoms. The SMILES string of the molecule is Cc1nnc(Sc2ccc(C(=O)O)c(Br)c2)o1. The molecule has 1 aromatic carbocycles. The van der Waals surface area contributed by atoms with Gasteiger partial charge in [0.25, 0.3) is 5.22 Å². The van der Waals surface area contributed by atoms with E-state index in [-0.39, 0.29) is 5.56 Å². The molecule has 1 heterocycles. The molecule has 17 heavy (non-hydrogen) atoms. The normalized spacial score (nSPS) is 10.5. The minimum absolute atomic E-state index is 0.219. The maximum Gasteiger partial charge on any atom is 0.336 e. The maximum absolute atomic E-state index is 10.8. The van der Waals surface area contributed by atoms with Crippen molar-refractivity contribution in [1.82, 2.24) is 10.2 Å². The monoisotopic (exact) mass is 314 g/mol. The molecule has 88 valence electrons. The second-order valence-corrected chi connectivity index (χ2v) is 5.01. The molecule has 2 rings (SSSR count). The van der Waals surface area contributed by atoms with Crippen LogP contribution in [0.2, 0.25) is 0 Å². The van der Waals surface area contributed by atoms with E-state index in [1.807, 2.05) is 0 Å². The van der Waals surface area contributed by atoms with Crippen LogP contribution in [0.4, 0.5) is 0 Å². The second-order valence-electron chi connectivity index (χ2n) is 3.14. The van der Waals surface area contributed by atoms with Gasteiger partial charge >= 0.3 is 5.97 Å². The Balaban J connectivity index is 2.23. The van der Waals surface area contributed by atoms with E-state index in [4.69, 9.17) is 9.52 Å². The first-order chi connectivity index (χ1) is 8.06. The molecule has 0 unspecified atom stereocenters. The molecule has 0 amide bonds. The minimum Gasteiger partial charge on any atom is -0.478 e. The van der Waals surface area contributed by atoms with Crippen LogP contribution in [-0.2, 0) is 0 Å². The van der Waals surface area contributed by atoms with Crippen LogP contribution in [-0.4, -0.2) is 21.3 Å². The number of halogens is 1. The quantitative estimate of drug-likeness (QED) is 0.938. The summed E-state index contributed by atoms with van der Waals surface area (Å²) in [4.78, 5) is 11.6. The summed E-state index contributed by atoms with van der Waals surface area (Å²) in [6.07, 6.45) is 0. The maximum atomic E-state index is 10.8. The third-order valence-electron chi connectivity index (χ3n) is 1.88. The summed E-state index contributed by atoms with van der Waals surface area (Å²) in [5.74, 6) is -0.476. The lowest BCUT2D eigenvalue weighted by atomic mass is 10.2. The fraction of sp³-hybridized carbons (Fsp3) is 0.100. The number of aromatic nitrogens is 2. The first-order valence-electron chi connectivity index (χ1n) is 4.57. The molecule has 0 aliphatic carbocycles. The number of nitrogens with zero attached hydrogens (tertiary/aromatic N) is 2. The topological polar surface area (TPSA) is 76.2 Å². The van der Waals surface area contributed by atoms with Crippen LogP contribution in [0.25, 0.3) is 0 Å². The molecule has 0 aliphatic rings. The Bertz CT molecular complexity index is 570. The third kappa shape index (κ3) is 2.86. The van der Waals surface area contributed by atoms with Crippen LogP contribution in [0.1, 0.15) is 16.2 Å². The van der Waals surface area contributed by atoms with Crippen LogP contribution in [0.15, 0.2) is 37.2 Å². The molecular weight excluding hydrogens is 308 g/mol. The van der Waals surface area contributed by atoms with Gasteiger partial charge < -0.3 is 9.52 Å². The van der Waals surface area contributed by atoms with Crippen molar-refractivity contribution in [3.05, 3.63) is 34.1 Å². The van der Waals surface area contributed by atoms with Gasteiger partial charge in [-0.1, -0.05) is 0 Å². The van der Waals surface area contributed by atoms with Gasteiger partial charge in [0.15, 0.2) is 0 Å². The average molecular weight is 315 g/mol. The van der Waals surface area contributed by atoms with E-state index in [0.717, 1.165) is 4.90 Å². The van der Waals surface area contributed by atoms with Crippen molar-refractivity contribution < 1.29 is 14.3 Å². The number of hydrogen-bond donors (Lipinski definition) is 1. The number of rotatable bonds is 3. The van der Waals surface area contributed by atoms with E-state index in [1.54, 1.807) is 19.1 Å². The van der Waals surface area contributed by atoms with Crippen molar-refractivity contribution >= 4 is 33.7 Å². The Morgan fingerprint density at radius 2 is 2.24 bits per heavy atom. The zero-order valence-corrected chi connectivity index (χ0v) is 11.1. The van der Waals surface area contributed by atoms with Gasteiger partial charge in [-0.05, 0) is 45.9 Å². The van der Waals surface area contributed by atoms with Crippen LogP contribution < -0.4 is 0 Å². The highest BCUT2D eigenvalue weighted by molar-refractivity contribution is 9.10. The highest BCUT2D eigenvalue weighted by Crippen LogP contribution is 2.30. The lowest BCUT2D eigenvalue weighted by Crippen LogP contribution is -1.97. The molecule has 0 spiro atoms. The number of aromatic carboxylic acids is 1. The number of benzene rings is 1. The van der Waals surface area contributed by atoms with E-state index in [2.05, 4.69) is 26.1 Å². The van der Waals surface area contributed by atoms with Gasteiger partial charge in [-0.25, -0.2) is 4.79 Å². The Morgan fingerprint density at radius 1 is 1.47 bits per heavy atom. The van der Waals surface area contributed by atoms with Crippen molar-refractivity contribution in [3.63, 3.8) is 0 Å². The first-order valence-corrected chi connectivity index (χ1v) is 6.18. The summed E-state index contributed by atoms with van der Waals surface area (Å²) in [5, 5.41) is 16.9. The lowest BCUT2D eigenvalue weighted by Gasteiger charge is -2.01. The van der Waals surface area contributed by atoms with Crippen LogP contribution in [0.5, 0.6) is 0 Å². The predicted octanol–water partition coefficient (Wildman–Crippen LogP) is 2.99. The standard InChI is InChI=1S/C10H7BrN2O3S/c1-5-12-13-10(16-5)17-6-2-3-7(9(14)15)8(11)4-6/h2-4H,1H3,(H,14,15). The molecule has 0 fully saturated rings. The van der Waals surface area contributed by atoms with Crippen LogP contribution in [0, 0.1) is 6.92 Å². The first kappa shape index (κ1) is 12.1. The third-order valence-corrected chi connectivity index (χ3v) is 3.37. The molecule has 0 aliphatic heterocycles. The lowest BCUT2D eigenvalue weighted by molar-refractivity contribution is 0.0696. The zero-order chi connectivity index (χ0) is 12.4. The minimum atomic E-state index is -0.970. The summed E-state index contributed by atoms with van der Waals surface area (Å²) in [5.41, 5.74) is 0.219. The van der Waals surface area contributed by atoms with Gasteiger partial charge in [0, 0.05) is 16.3 Å².